The van der Waals surface area contributed by atoms with Crippen molar-refractivity contribution < 1.29 is 13.9 Å². The minimum Gasteiger partial charge on any atom is -0.494 e. The van der Waals surface area contributed by atoms with Gasteiger partial charge in [0.2, 0.25) is 0 Å². The van der Waals surface area contributed by atoms with Gasteiger partial charge in [0, 0.05) is 43.6 Å². The van der Waals surface area contributed by atoms with Crippen molar-refractivity contribution in [2.24, 2.45) is 0 Å². The fourth-order valence-corrected chi connectivity index (χ4v) is 4.66. The predicted octanol–water partition coefficient (Wildman–Crippen LogP) is 5.74. The molecule has 1 fully saturated rings. The van der Waals surface area contributed by atoms with E-state index in [-0.39, 0.29) is 5.82 Å². The van der Waals surface area contributed by atoms with Gasteiger partial charge in [-0.15, -0.1) is 0 Å². The van der Waals surface area contributed by atoms with E-state index in [1.807, 2.05) is 19.2 Å². The van der Waals surface area contributed by atoms with Crippen molar-refractivity contribution in [2.45, 2.75) is 45.3 Å². The maximum absolute atomic E-state index is 13.5. The number of aromatic nitrogens is 1. The van der Waals surface area contributed by atoms with Gasteiger partial charge >= 0.3 is 0 Å². The summed E-state index contributed by atoms with van der Waals surface area (Å²) in [5.74, 6) is 1.18. The summed E-state index contributed by atoms with van der Waals surface area (Å²) < 4.78 is 24.7. The van der Waals surface area contributed by atoms with Crippen LogP contribution in [0.3, 0.4) is 0 Å². The first-order valence-electron chi connectivity index (χ1n) is 11.8. The molecule has 2 aromatic carbocycles. The van der Waals surface area contributed by atoms with Crippen molar-refractivity contribution in [3.05, 3.63) is 94.6 Å². The summed E-state index contributed by atoms with van der Waals surface area (Å²) in [6, 6.07) is 17.4. The smallest absolute Gasteiger partial charge is 0.123 e. The highest BCUT2D eigenvalue weighted by molar-refractivity contribution is 5.37. The molecule has 1 aromatic heterocycles. The van der Waals surface area contributed by atoms with Gasteiger partial charge in [-0.2, -0.15) is 0 Å². The number of methoxy groups -OCH3 is 1. The molecule has 3 aromatic rings. The Morgan fingerprint density at radius 3 is 2.70 bits per heavy atom. The Morgan fingerprint density at radius 2 is 1.94 bits per heavy atom. The average molecular weight is 449 g/mol. The molecule has 0 saturated carbocycles. The monoisotopic (exact) mass is 448 g/mol. The maximum atomic E-state index is 13.5. The van der Waals surface area contributed by atoms with E-state index in [1.165, 1.54) is 17.2 Å². The van der Waals surface area contributed by atoms with Crippen LogP contribution in [-0.2, 0) is 24.3 Å². The van der Waals surface area contributed by atoms with Crippen LogP contribution < -0.4 is 4.74 Å². The van der Waals surface area contributed by atoms with Crippen molar-refractivity contribution in [3.8, 4) is 5.75 Å². The van der Waals surface area contributed by atoms with Crippen LogP contribution in [0.1, 0.15) is 53.6 Å². The van der Waals surface area contributed by atoms with E-state index < -0.39 is 0 Å². The third kappa shape index (κ3) is 6.40. The molecular formula is C28H33FN2O2. The number of halogens is 1. The number of nitrogens with zero attached hydrogens (tertiary/aromatic N) is 2. The molecule has 1 aliphatic heterocycles. The minimum absolute atomic E-state index is 0.195. The Kier molecular flexibility index (Phi) is 8.08. The minimum atomic E-state index is -0.195. The molecule has 0 spiro atoms. The lowest BCUT2D eigenvalue weighted by molar-refractivity contribution is 0.183. The fraction of sp³-hybridized carbons (Fsp3) is 0.393. The van der Waals surface area contributed by atoms with Crippen molar-refractivity contribution >= 4 is 0 Å². The molecule has 0 bridgehead atoms. The van der Waals surface area contributed by atoms with Crippen LogP contribution in [0.15, 0.2) is 60.8 Å². The molecule has 2 heterocycles. The first-order chi connectivity index (χ1) is 16.1. The fourth-order valence-electron chi connectivity index (χ4n) is 4.66. The molecular weight excluding hydrogens is 415 g/mol. The first-order valence-corrected chi connectivity index (χ1v) is 11.8. The summed E-state index contributed by atoms with van der Waals surface area (Å²) >= 11 is 0. The maximum Gasteiger partial charge on any atom is 0.123 e. The molecule has 1 unspecified atom stereocenters. The number of benzene rings is 2. The molecule has 4 nitrogen and oxygen atoms in total. The van der Waals surface area contributed by atoms with E-state index in [1.54, 1.807) is 19.2 Å². The van der Waals surface area contributed by atoms with Crippen LogP contribution in [-0.4, -0.2) is 36.7 Å². The third-order valence-electron chi connectivity index (χ3n) is 6.20. The van der Waals surface area contributed by atoms with Crippen LogP contribution in [0, 0.1) is 5.82 Å². The lowest BCUT2D eigenvalue weighted by Gasteiger charge is -2.33. The van der Waals surface area contributed by atoms with Crippen molar-refractivity contribution in [1.29, 1.82) is 0 Å². The number of piperidine rings is 1. The first kappa shape index (κ1) is 23.4. The lowest BCUT2D eigenvalue weighted by Crippen LogP contribution is -2.34. The second kappa shape index (κ2) is 11.4. The largest absolute Gasteiger partial charge is 0.494 e. The molecule has 5 heteroatoms. The van der Waals surface area contributed by atoms with Crippen LogP contribution >= 0.6 is 0 Å². The molecule has 1 aliphatic rings. The average Bonchev–Trinajstić information content (AvgIpc) is 2.82. The third-order valence-corrected chi connectivity index (χ3v) is 6.20. The highest BCUT2D eigenvalue weighted by atomic mass is 19.1. The van der Waals surface area contributed by atoms with E-state index >= 15 is 0 Å². The van der Waals surface area contributed by atoms with Crippen molar-refractivity contribution in [1.82, 2.24) is 9.88 Å². The van der Waals surface area contributed by atoms with Crippen LogP contribution in [0.5, 0.6) is 5.75 Å². The predicted molar refractivity (Wildman–Crippen MR) is 129 cm³/mol. The molecule has 1 saturated heterocycles. The Balaban J connectivity index is 1.42. The summed E-state index contributed by atoms with van der Waals surface area (Å²) in [5.41, 5.74) is 5.59. The normalized spacial score (nSPS) is 16.6. The van der Waals surface area contributed by atoms with Gasteiger partial charge < -0.3 is 9.47 Å². The number of ether oxygens (including phenoxy) is 2. The standard InChI is InChI=1S/C28H33FN2O2/c1-3-33-28-12-10-23(20-32-2)15-25(28)19-31-13-5-7-24(18-31)27-11-9-22(17-30-27)14-21-6-4-8-26(29)16-21/h4,6,8-12,15-17,24H,3,5,7,13-14,18-20H2,1-2H3. The van der Waals surface area contributed by atoms with Crippen molar-refractivity contribution in [3.63, 3.8) is 0 Å². The zero-order chi connectivity index (χ0) is 23.0. The molecule has 0 aliphatic carbocycles. The Bertz CT molecular complexity index is 1040. The van der Waals surface area contributed by atoms with Crippen LogP contribution in [0.2, 0.25) is 0 Å². The summed E-state index contributed by atoms with van der Waals surface area (Å²) in [7, 11) is 1.72. The van der Waals surface area contributed by atoms with Gasteiger partial charge in [-0.3, -0.25) is 9.88 Å². The summed E-state index contributed by atoms with van der Waals surface area (Å²) in [6.45, 7) is 6.21. The van der Waals surface area contributed by atoms with Gasteiger partial charge in [0.25, 0.3) is 0 Å². The van der Waals surface area contributed by atoms with Gasteiger partial charge in [-0.05, 0) is 79.8 Å². The lowest BCUT2D eigenvalue weighted by atomic mass is 9.93. The van der Waals surface area contributed by atoms with E-state index in [0.29, 0.717) is 25.6 Å². The summed E-state index contributed by atoms with van der Waals surface area (Å²) in [4.78, 5) is 7.29. The van der Waals surface area contributed by atoms with E-state index in [9.17, 15) is 4.39 Å². The Morgan fingerprint density at radius 1 is 1.06 bits per heavy atom. The number of hydrogen-bond acceptors (Lipinski definition) is 4. The Hall–Kier alpha value is -2.76. The second-order valence-corrected chi connectivity index (χ2v) is 8.78. The molecule has 0 N–H and O–H groups in total. The quantitative estimate of drug-likeness (QED) is 0.418. The number of pyridine rings is 1. The molecule has 4 rings (SSSR count). The van der Waals surface area contributed by atoms with E-state index in [0.717, 1.165) is 55.0 Å². The molecule has 0 amide bonds. The highest BCUT2D eigenvalue weighted by Crippen LogP contribution is 2.29. The highest BCUT2D eigenvalue weighted by Gasteiger charge is 2.23. The van der Waals surface area contributed by atoms with Crippen LogP contribution in [0.25, 0.3) is 0 Å². The van der Waals surface area contributed by atoms with Gasteiger partial charge in [0.15, 0.2) is 0 Å². The summed E-state index contributed by atoms with van der Waals surface area (Å²) in [5, 5.41) is 0. The molecule has 0 radical (unpaired) electrons. The Labute approximate surface area is 196 Å². The van der Waals surface area contributed by atoms with E-state index in [4.69, 9.17) is 14.5 Å². The van der Waals surface area contributed by atoms with Gasteiger partial charge in [-0.1, -0.05) is 24.3 Å². The molecule has 33 heavy (non-hydrogen) atoms. The molecule has 1 atom stereocenters. The second-order valence-electron chi connectivity index (χ2n) is 8.78. The van der Waals surface area contributed by atoms with Gasteiger partial charge in [-0.25, -0.2) is 4.39 Å². The SMILES string of the molecule is CCOc1ccc(COC)cc1CN1CCCC(c2ccc(Cc3cccc(F)c3)cn2)C1. The van der Waals surface area contributed by atoms with Crippen molar-refractivity contribution in [2.75, 3.05) is 26.8 Å². The number of hydrogen-bond donors (Lipinski definition) is 0. The van der Waals surface area contributed by atoms with Crippen LogP contribution in [0.4, 0.5) is 4.39 Å². The topological polar surface area (TPSA) is 34.6 Å². The molecule has 174 valence electrons. The zero-order valence-electron chi connectivity index (χ0n) is 19.6. The van der Waals surface area contributed by atoms with Gasteiger partial charge in [0.05, 0.1) is 13.2 Å². The van der Waals surface area contributed by atoms with E-state index in [2.05, 4.69) is 35.2 Å². The summed E-state index contributed by atoms with van der Waals surface area (Å²) in [6.07, 6.45) is 4.94. The zero-order valence-corrected chi connectivity index (χ0v) is 19.6. The number of likely N-dealkylation sites (tertiary alicyclic amines) is 1. The number of rotatable bonds is 9. The van der Waals surface area contributed by atoms with Gasteiger partial charge in [0.1, 0.15) is 11.6 Å².